The Labute approximate surface area is 111 Å². The Balaban J connectivity index is 2.85. The van der Waals surface area contributed by atoms with E-state index in [9.17, 15) is 13.5 Å². The molecule has 0 aromatic carbocycles. The van der Waals surface area contributed by atoms with Crippen molar-refractivity contribution >= 4 is 33.0 Å². The second kappa shape index (κ2) is 6.15. The van der Waals surface area contributed by atoms with E-state index < -0.39 is 16.1 Å². The lowest BCUT2D eigenvalue weighted by Crippen LogP contribution is -2.41. The Morgan fingerprint density at radius 1 is 1.53 bits per heavy atom. The first-order chi connectivity index (χ1) is 7.90. The molecule has 1 aromatic rings. The van der Waals surface area contributed by atoms with Crippen molar-refractivity contribution in [2.75, 3.05) is 6.61 Å². The third-order valence-electron chi connectivity index (χ3n) is 2.65. The predicted octanol–water partition coefficient (Wildman–Crippen LogP) is 2.09. The fourth-order valence-electron chi connectivity index (χ4n) is 1.32. The van der Waals surface area contributed by atoms with Crippen LogP contribution in [-0.2, 0) is 10.0 Å². The number of thiophene rings is 1. The Hall–Kier alpha value is -0.140. The van der Waals surface area contributed by atoms with Crippen LogP contribution in [0.5, 0.6) is 0 Å². The van der Waals surface area contributed by atoms with Gasteiger partial charge in [0.2, 0.25) is 10.0 Å². The number of hydrogen-bond acceptors (Lipinski definition) is 4. The van der Waals surface area contributed by atoms with Crippen molar-refractivity contribution in [3.8, 4) is 0 Å². The van der Waals surface area contributed by atoms with Gasteiger partial charge in [-0.25, -0.2) is 13.1 Å². The zero-order valence-corrected chi connectivity index (χ0v) is 12.1. The molecule has 0 saturated carbocycles. The average molecular weight is 298 g/mol. The number of halogens is 1. The highest BCUT2D eigenvalue weighted by Gasteiger charge is 2.24. The lowest BCUT2D eigenvalue weighted by atomic mass is 10.0. The monoisotopic (exact) mass is 297 g/mol. The van der Waals surface area contributed by atoms with E-state index in [0.29, 0.717) is 4.34 Å². The van der Waals surface area contributed by atoms with Gasteiger partial charge in [-0.2, -0.15) is 0 Å². The largest absolute Gasteiger partial charge is 0.395 e. The molecule has 98 valence electrons. The second-order valence-electron chi connectivity index (χ2n) is 3.85. The van der Waals surface area contributed by atoms with E-state index in [1.54, 1.807) is 0 Å². The van der Waals surface area contributed by atoms with Crippen LogP contribution in [0.15, 0.2) is 16.3 Å². The van der Waals surface area contributed by atoms with Crippen LogP contribution in [0.2, 0.25) is 4.34 Å². The maximum absolute atomic E-state index is 12.0. The van der Waals surface area contributed by atoms with Crippen molar-refractivity contribution in [2.24, 2.45) is 5.92 Å². The van der Waals surface area contributed by atoms with Gasteiger partial charge in [0.05, 0.1) is 10.9 Å². The molecule has 0 saturated heterocycles. The topological polar surface area (TPSA) is 66.4 Å². The Morgan fingerprint density at radius 3 is 2.59 bits per heavy atom. The normalized spacial score (nSPS) is 15.8. The molecule has 7 heteroatoms. The zero-order chi connectivity index (χ0) is 13.1. The van der Waals surface area contributed by atoms with Crippen LogP contribution in [0.3, 0.4) is 0 Å². The molecule has 2 atom stereocenters. The molecule has 1 unspecified atom stereocenters. The minimum absolute atomic E-state index is 0.0743. The van der Waals surface area contributed by atoms with Crippen LogP contribution in [0.1, 0.15) is 20.3 Å². The smallest absolute Gasteiger partial charge is 0.250 e. The van der Waals surface area contributed by atoms with Gasteiger partial charge in [0.1, 0.15) is 4.21 Å². The van der Waals surface area contributed by atoms with E-state index in [4.69, 9.17) is 11.6 Å². The van der Waals surface area contributed by atoms with Gasteiger partial charge in [0.25, 0.3) is 0 Å². The molecule has 0 aliphatic carbocycles. The summed E-state index contributed by atoms with van der Waals surface area (Å²) < 4.78 is 27.0. The summed E-state index contributed by atoms with van der Waals surface area (Å²) in [5, 5.41) is 9.19. The standard InChI is InChI=1S/C10H16ClNO3S2/c1-3-7(2)8(6-13)12-17(14,15)10-5-4-9(11)16-10/h4-5,7-8,12-13H,3,6H2,1-2H3/t7-,8?/m1/s1. The van der Waals surface area contributed by atoms with Gasteiger partial charge in [0.15, 0.2) is 0 Å². The number of rotatable bonds is 6. The molecule has 0 aliphatic heterocycles. The molecular weight excluding hydrogens is 282 g/mol. The SMILES string of the molecule is CC[C@@H](C)C(CO)NS(=O)(=O)c1ccc(Cl)s1. The van der Waals surface area contributed by atoms with Crippen molar-refractivity contribution < 1.29 is 13.5 Å². The Bertz CT molecular complexity index is 458. The Morgan fingerprint density at radius 2 is 2.18 bits per heavy atom. The summed E-state index contributed by atoms with van der Waals surface area (Å²) in [6, 6.07) is 2.53. The first-order valence-electron chi connectivity index (χ1n) is 5.29. The van der Waals surface area contributed by atoms with E-state index >= 15 is 0 Å². The van der Waals surface area contributed by atoms with Gasteiger partial charge in [-0.15, -0.1) is 11.3 Å². The molecule has 0 aliphatic rings. The van der Waals surface area contributed by atoms with Crippen LogP contribution in [0.25, 0.3) is 0 Å². The highest BCUT2D eigenvalue weighted by atomic mass is 35.5. The minimum atomic E-state index is -3.58. The van der Waals surface area contributed by atoms with Gasteiger partial charge < -0.3 is 5.11 Å². The summed E-state index contributed by atoms with van der Waals surface area (Å²) >= 11 is 6.70. The molecular formula is C10H16ClNO3S2. The fraction of sp³-hybridized carbons (Fsp3) is 0.600. The second-order valence-corrected chi connectivity index (χ2v) is 7.51. The summed E-state index contributed by atoms with van der Waals surface area (Å²) in [6.07, 6.45) is 0.791. The molecule has 1 aromatic heterocycles. The average Bonchev–Trinajstić information content (AvgIpc) is 2.72. The Kier molecular flexibility index (Phi) is 5.40. The highest BCUT2D eigenvalue weighted by Crippen LogP contribution is 2.26. The molecule has 0 spiro atoms. The molecule has 0 radical (unpaired) electrons. The van der Waals surface area contributed by atoms with Crippen LogP contribution in [0.4, 0.5) is 0 Å². The van der Waals surface area contributed by atoms with Crippen molar-refractivity contribution in [1.82, 2.24) is 4.72 Å². The molecule has 2 N–H and O–H groups in total. The molecule has 0 fully saturated rings. The summed E-state index contributed by atoms with van der Waals surface area (Å²) in [7, 11) is -3.58. The van der Waals surface area contributed by atoms with Crippen molar-refractivity contribution in [3.05, 3.63) is 16.5 Å². The highest BCUT2D eigenvalue weighted by molar-refractivity contribution is 7.91. The van der Waals surface area contributed by atoms with Crippen LogP contribution < -0.4 is 4.72 Å². The quantitative estimate of drug-likeness (QED) is 0.845. The molecule has 1 heterocycles. The summed E-state index contributed by atoms with van der Waals surface area (Å²) in [5.74, 6) is 0.0743. The lowest BCUT2D eigenvalue weighted by molar-refractivity contribution is 0.219. The fourth-order valence-corrected chi connectivity index (χ4v) is 4.15. The van der Waals surface area contributed by atoms with Gasteiger partial charge >= 0.3 is 0 Å². The first kappa shape index (κ1) is 14.9. The van der Waals surface area contributed by atoms with Crippen LogP contribution >= 0.6 is 22.9 Å². The maximum atomic E-state index is 12.0. The van der Waals surface area contributed by atoms with Gasteiger partial charge in [-0.1, -0.05) is 31.9 Å². The van der Waals surface area contributed by atoms with E-state index in [1.165, 1.54) is 12.1 Å². The van der Waals surface area contributed by atoms with Crippen LogP contribution in [-0.4, -0.2) is 26.2 Å². The van der Waals surface area contributed by atoms with Crippen LogP contribution in [0, 0.1) is 5.92 Å². The molecule has 17 heavy (non-hydrogen) atoms. The molecule has 0 amide bonds. The van der Waals surface area contributed by atoms with Gasteiger partial charge in [-0.05, 0) is 18.1 Å². The number of sulfonamides is 1. The lowest BCUT2D eigenvalue weighted by Gasteiger charge is -2.21. The van der Waals surface area contributed by atoms with Crippen molar-refractivity contribution in [3.63, 3.8) is 0 Å². The maximum Gasteiger partial charge on any atom is 0.250 e. The predicted molar refractivity (Wildman–Crippen MR) is 70.0 cm³/mol. The van der Waals surface area contributed by atoms with Gasteiger partial charge in [-0.3, -0.25) is 0 Å². The molecule has 0 bridgehead atoms. The minimum Gasteiger partial charge on any atom is -0.395 e. The van der Waals surface area contributed by atoms with E-state index in [2.05, 4.69) is 4.72 Å². The third-order valence-corrected chi connectivity index (χ3v) is 5.86. The van der Waals surface area contributed by atoms with Gasteiger partial charge in [0, 0.05) is 6.04 Å². The van der Waals surface area contributed by atoms with E-state index in [-0.39, 0.29) is 16.7 Å². The first-order valence-corrected chi connectivity index (χ1v) is 7.97. The van der Waals surface area contributed by atoms with Crippen molar-refractivity contribution in [1.29, 1.82) is 0 Å². The van der Waals surface area contributed by atoms with Crippen molar-refractivity contribution in [2.45, 2.75) is 30.5 Å². The molecule has 4 nitrogen and oxygen atoms in total. The summed E-state index contributed by atoms with van der Waals surface area (Å²) in [6.45, 7) is 3.63. The number of hydrogen-bond donors (Lipinski definition) is 2. The van der Waals surface area contributed by atoms with E-state index in [0.717, 1.165) is 17.8 Å². The summed E-state index contributed by atoms with van der Waals surface area (Å²) in [4.78, 5) is 0. The number of aliphatic hydroxyl groups excluding tert-OH is 1. The molecule has 1 rings (SSSR count). The third kappa shape index (κ3) is 3.93. The zero-order valence-electron chi connectivity index (χ0n) is 9.68. The number of nitrogens with one attached hydrogen (secondary N) is 1. The van der Waals surface area contributed by atoms with E-state index in [1.807, 2.05) is 13.8 Å². The summed E-state index contributed by atoms with van der Waals surface area (Å²) in [5.41, 5.74) is 0. The number of aliphatic hydroxyl groups is 1.